The first-order valence-electron chi connectivity index (χ1n) is 10.9. The van der Waals surface area contributed by atoms with Crippen molar-refractivity contribution in [2.24, 2.45) is 0 Å². The third-order valence-electron chi connectivity index (χ3n) is 6.20. The monoisotopic (exact) mass is 456 g/mol. The van der Waals surface area contributed by atoms with E-state index in [1.54, 1.807) is 29.2 Å². The summed E-state index contributed by atoms with van der Waals surface area (Å²) in [5.74, 6) is -0.638. The molecule has 0 fully saturated rings. The van der Waals surface area contributed by atoms with Crippen LogP contribution < -0.4 is 5.43 Å². The largest absolute Gasteiger partial charge is 0.450 e. The highest BCUT2D eigenvalue weighted by Crippen LogP contribution is 2.38. The van der Waals surface area contributed by atoms with Crippen LogP contribution in [0.3, 0.4) is 0 Å². The molecule has 5 nitrogen and oxygen atoms in total. The summed E-state index contributed by atoms with van der Waals surface area (Å²) in [6.45, 7) is 9.16. The highest BCUT2D eigenvalue weighted by Gasteiger charge is 2.42. The maximum absolute atomic E-state index is 13.6. The number of fused-ring (bicyclic) bond motifs is 2. The standard InChI is InChI=1S/C25H26ClFN2O3/c1-4-28(5-2)11-6-12-29-22(16-7-9-17(27)10-8-16)21-23(30)18-14-19(26)15(3)13-20(18)32-24(21)25(29)31/h7-10,13-14,22H,4-6,11-12H2,1-3H3. The highest BCUT2D eigenvalue weighted by atomic mass is 35.5. The molecule has 0 spiro atoms. The van der Waals surface area contributed by atoms with E-state index in [0.29, 0.717) is 28.1 Å². The van der Waals surface area contributed by atoms with E-state index in [-0.39, 0.29) is 28.5 Å². The Morgan fingerprint density at radius 3 is 2.47 bits per heavy atom. The van der Waals surface area contributed by atoms with Crippen molar-refractivity contribution in [3.8, 4) is 0 Å². The van der Waals surface area contributed by atoms with Crippen molar-refractivity contribution in [1.29, 1.82) is 0 Å². The fourth-order valence-electron chi connectivity index (χ4n) is 4.37. The Morgan fingerprint density at radius 1 is 1.12 bits per heavy atom. The van der Waals surface area contributed by atoms with Crippen LogP contribution in [0, 0.1) is 12.7 Å². The van der Waals surface area contributed by atoms with Crippen LogP contribution in [-0.4, -0.2) is 41.9 Å². The van der Waals surface area contributed by atoms with E-state index in [9.17, 15) is 14.0 Å². The summed E-state index contributed by atoms with van der Waals surface area (Å²) in [6, 6.07) is 8.56. The fourth-order valence-corrected chi connectivity index (χ4v) is 4.53. The van der Waals surface area contributed by atoms with Crippen molar-refractivity contribution in [1.82, 2.24) is 9.80 Å². The molecule has 1 aliphatic heterocycles. The molecular formula is C25H26ClFN2O3. The van der Waals surface area contributed by atoms with Gasteiger partial charge in [-0.05, 0) is 68.4 Å². The van der Waals surface area contributed by atoms with Crippen molar-refractivity contribution in [3.05, 3.63) is 79.9 Å². The van der Waals surface area contributed by atoms with Gasteiger partial charge < -0.3 is 14.2 Å². The molecule has 1 amide bonds. The molecule has 0 saturated carbocycles. The zero-order valence-corrected chi connectivity index (χ0v) is 19.2. The van der Waals surface area contributed by atoms with Gasteiger partial charge in [-0.1, -0.05) is 37.6 Å². The first-order valence-corrected chi connectivity index (χ1v) is 11.3. The number of hydrogen-bond donors (Lipinski definition) is 0. The third kappa shape index (κ3) is 3.93. The van der Waals surface area contributed by atoms with Gasteiger partial charge in [-0.25, -0.2) is 4.39 Å². The Hall–Kier alpha value is -2.70. The van der Waals surface area contributed by atoms with Crippen molar-refractivity contribution < 1.29 is 13.6 Å². The van der Waals surface area contributed by atoms with Crippen molar-refractivity contribution in [2.75, 3.05) is 26.2 Å². The first kappa shape index (κ1) is 22.5. The second kappa shape index (κ2) is 9.04. The lowest BCUT2D eigenvalue weighted by atomic mass is 9.98. The summed E-state index contributed by atoms with van der Waals surface area (Å²) < 4.78 is 19.6. The number of hydrogen-bond acceptors (Lipinski definition) is 4. The Labute approximate surface area is 191 Å². The van der Waals surface area contributed by atoms with Gasteiger partial charge in [-0.3, -0.25) is 9.59 Å². The average molecular weight is 457 g/mol. The molecule has 1 atom stereocenters. The SMILES string of the molecule is CCN(CC)CCCN1C(=O)c2oc3cc(C)c(Cl)cc3c(=O)c2C1c1ccc(F)cc1. The van der Waals surface area contributed by atoms with Crippen LogP contribution in [0.15, 0.2) is 45.6 Å². The molecule has 168 valence electrons. The van der Waals surface area contributed by atoms with Crippen LogP contribution in [0.1, 0.15) is 53.6 Å². The number of halogens is 2. The Kier molecular flexibility index (Phi) is 6.35. The number of nitrogens with zero attached hydrogens (tertiary/aromatic N) is 2. The molecule has 0 bridgehead atoms. The lowest BCUT2D eigenvalue weighted by molar-refractivity contribution is 0.0720. The predicted octanol–water partition coefficient (Wildman–Crippen LogP) is 5.17. The van der Waals surface area contributed by atoms with Gasteiger partial charge in [0.2, 0.25) is 5.76 Å². The van der Waals surface area contributed by atoms with E-state index in [4.69, 9.17) is 16.0 Å². The second-order valence-electron chi connectivity index (χ2n) is 8.10. The van der Waals surface area contributed by atoms with E-state index in [1.165, 1.54) is 12.1 Å². The van der Waals surface area contributed by atoms with Gasteiger partial charge in [0.1, 0.15) is 11.4 Å². The number of benzene rings is 2. The Bertz CT molecular complexity index is 1220. The molecular weight excluding hydrogens is 431 g/mol. The van der Waals surface area contributed by atoms with Gasteiger partial charge in [0.15, 0.2) is 5.43 Å². The molecule has 0 radical (unpaired) electrons. The van der Waals surface area contributed by atoms with Crippen molar-refractivity contribution in [2.45, 2.75) is 33.2 Å². The molecule has 3 aromatic rings. The quantitative estimate of drug-likeness (QED) is 0.492. The van der Waals surface area contributed by atoms with E-state index in [0.717, 1.165) is 31.6 Å². The van der Waals surface area contributed by atoms with E-state index < -0.39 is 6.04 Å². The molecule has 7 heteroatoms. The third-order valence-corrected chi connectivity index (χ3v) is 6.61. The maximum Gasteiger partial charge on any atom is 0.290 e. The van der Waals surface area contributed by atoms with Crippen LogP contribution in [-0.2, 0) is 0 Å². The van der Waals surface area contributed by atoms with Crippen LogP contribution >= 0.6 is 11.6 Å². The summed E-state index contributed by atoms with van der Waals surface area (Å²) in [7, 11) is 0. The molecule has 4 rings (SSSR count). The summed E-state index contributed by atoms with van der Waals surface area (Å²) >= 11 is 6.26. The van der Waals surface area contributed by atoms with E-state index >= 15 is 0 Å². The lowest BCUT2D eigenvalue weighted by Crippen LogP contribution is -2.33. The summed E-state index contributed by atoms with van der Waals surface area (Å²) in [5, 5.41) is 0.799. The number of carbonyl (C=O) groups is 1. The van der Waals surface area contributed by atoms with E-state index in [2.05, 4.69) is 18.7 Å². The molecule has 0 N–H and O–H groups in total. The zero-order chi connectivity index (χ0) is 23.0. The summed E-state index contributed by atoms with van der Waals surface area (Å²) in [4.78, 5) is 30.9. The molecule has 2 heterocycles. The first-order chi connectivity index (χ1) is 15.3. The smallest absolute Gasteiger partial charge is 0.290 e. The number of rotatable bonds is 7. The van der Waals surface area contributed by atoms with Gasteiger partial charge in [0, 0.05) is 11.6 Å². The van der Waals surface area contributed by atoms with Crippen molar-refractivity contribution >= 4 is 28.5 Å². The lowest BCUT2D eigenvalue weighted by Gasteiger charge is -2.26. The van der Waals surface area contributed by atoms with Crippen LogP contribution in [0.5, 0.6) is 0 Å². The maximum atomic E-state index is 13.6. The zero-order valence-electron chi connectivity index (χ0n) is 18.5. The van der Waals surface area contributed by atoms with Crippen molar-refractivity contribution in [3.63, 3.8) is 0 Å². The average Bonchev–Trinajstić information content (AvgIpc) is 3.05. The normalized spacial score (nSPS) is 15.8. The number of aryl methyl sites for hydroxylation is 1. The minimum Gasteiger partial charge on any atom is -0.450 e. The Morgan fingerprint density at radius 2 is 1.81 bits per heavy atom. The van der Waals surface area contributed by atoms with Gasteiger partial charge in [0.05, 0.1) is 17.0 Å². The molecule has 0 aliphatic carbocycles. The molecule has 2 aromatic carbocycles. The molecule has 0 saturated heterocycles. The molecule has 32 heavy (non-hydrogen) atoms. The van der Waals surface area contributed by atoms with E-state index in [1.807, 2.05) is 6.92 Å². The minimum atomic E-state index is -0.629. The fraction of sp³-hybridized carbons (Fsp3) is 0.360. The van der Waals surface area contributed by atoms with Crippen LogP contribution in [0.25, 0.3) is 11.0 Å². The van der Waals surface area contributed by atoms with Crippen LogP contribution in [0.4, 0.5) is 4.39 Å². The highest BCUT2D eigenvalue weighted by molar-refractivity contribution is 6.32. The Balaban J connectivity index is 1.82. The number of carbonyl (C=O) groups excluding carboxylic acids is 1. The summed E-state index contributed by atoms with van der Waals surface area (Å²) in [5.41, 5.74) is 1.78. The second-order valence-corrected chi connectivity index (χ2v) is 8.51. The molecule has 1 aliphatic rings. The topological polar surface area (TPSA) is 53.8 Å². The van der Waals surface area contributed by atoms with Gasteiger partial charge in [-0.2, -0.15) is 0 Å². The molecule has 1 unspecified atom stereocenters. The minimum absolute atomic E-state index is 0.0568. The van der Waals surface area contributed by atoms with Gasteiger partial charge in [0.25, 0.3) is 5.91 Å². The molecule has 1 aromatic heterocycles. The summed E-state index contributed by atoms with van der Waals surface area (Å²) in [6.07, 6.45) is 0.748. The van der Waals surface area contributed by atoms with Gasteiger partial charge >= 0.3 is 0 Å². The van der Waals surface area contributed by atoms with Crippen LogP contribution in [0.2, 0.25) is 5.02 Å². The predicted molar refractivity (Wildman–Crippen MR) is 124 cm³/mol. The van der Waals surface area contributed by atoms with Gasteiger partial charge in [-0.15, -0.1) is 0 Å². The number of amides is 1.